The van der Waals surface area contributed by atoms with E-state index in [2.05, 4.69) is 33.2 Å². The van der Waals surface area contributed by atoms with Gasteiger partial charge in [0, 0.05) is 21.4 Å². The van der Waals surface area contributed by atoms with Crippen LogP contribution >= 0.6 is 22.6 Å². The molecule has 5 heteroatoms. The van der Waals surface area contributed by atoms with Crippen LogP contribution < -0.4 is 10.6 Å². The van der Waals surface area contributed by atoms with Crippen molar-refractivity contribution in [1.82, 2.24) is 0 Å². The van der Waals surface area contributed by atoms with Crippen molar-refractivity contribution < 1.29 is 9.59 Å². The quantitative estimate of drug-likeness (QED) is 0.771. The average molecular weight is 392 g/mol. The molecule has 0 saturated carbocycles. The Morgan fingerprint density at radius 1 is 1.19 bits per heavy atom. The van der Waals surface area contributed by atoms with E-state index in [9.17, 15) is 9.59 Å². The van der Waals surface area contributed by atoms with Crippen molar-refractivity contribution in [2.45, 2.75) is 12.3 Å². The molecule has 0 radical (unpaired) electrons. The summed E-state index contributed by atoms with van der Waals surface area (Å²) in [5.41, 5.74) is 2.33. The van der Waals surface area contributed by atoms with Crippen LogP contribution in [0.1, 0.15) is 17.9 Å². The van der Waals surface area contributed by atoms with Crippen molar-refractivity contribution in [1.29, 1.82) is 0 Å². The molecule has 1 heterocycles. The van der Waals surface area contributed by atoms with Crippen molar-refractivity contribution >= 4 is 45.8 Å². The summed E-state index contributed by atoms with van der Waals surface area (Å²) in [5, 5.41) is 5.69. The van der Waals surface area contributed by atoms with E-state index >= 15 is 0 Å². The first kappa shape index (κ1) is 14.1. The summed E-state index contributed by atoms with van der Waals surface area (Å²) in [4.78, 5) is 24.2. The Labute approximate surface area is 136 Å². The lowest BCUT2D eigenvalue weighted by Gasteiger charge is -2.24. The van der Waals surface area contributed by atoms with E-state index in [-0.39, 0.29) is 18.2 Å². The van der Waals surface area contributed by atoms with Crippen molar-refractivity contribution in [3.8, 4) is 0 Å². The number of fused-ring (bicyclic) bond motifs is 1. The molecule has 21 heavy (non-hydrogen) atoms. The third kappa shape index (κ3) is 3.07. The van der Waals surface area contributed by atoms with Gasteiger partial charge in [0.2, 0.25) is 11.8 Å². The molecule has 1 aliphatic rings. The SMILES string of the molecule is O=C1CC(C(=O)Nc2cccc(I)c2)c2ccccc2N1. The molecule has 2 aromatic rings. The number of carbonyl (C=O) groups is 2. The number of benzene rings is 2. The highest BCUT2D eigenvalue weighted by molar-refractivity contribution is 14.1. The van der Waals surface area contributed by atoms with Crippen LogP contribution in [0.2, 0.25) is 0 Å². The number of amides is 2. The highest BCUT2D eigenvalue weighted by Crippen LogP contribution is 2.32. The topological polar surface area (TPSA) is 58.2 Å². The third-order valence-corrected chi connectivity index (χ3v) is 4.08. The molecule has 0 spiro atoms. The molecule has 1 atom stereocenters. The number of hydrogen-bond acceptors (Lipinski definition) is 2. The molecular formula is C16H13IN2O2. The zero-order valence-electron chi connectivity index (χ0n) is 11.1. The fraction of sp³-hybridized carbons (Fsp3) is 0.125. The molecule has 3 rings (SSSR count). The number of rotatable bonds is 2. The lowest BCUT2D eigenvalue weighted by atomic mass is 9.90. The van der Waals surface area contributed by atoms with Gasteiger partial charge in [-0.15, -0.1) is 0 Å². The molecule has 0 bridgehead atoms. The van der Waals surface area contributed by atoms with Crippen LogP contribution in [0.5, 0.6) is 0 Å². The van der Waals surface area contributed by atoms with E-state index in [1.54, 1.807) is 0 Å². The number of anilines is 2. The first-order valence-electron chi connectivity index (χ1n) is 6.59. The fourth-order valence-corrected chi connectivity index (χ4v) is 2.98. The smallest absolute Gasteiger partial charge is 0.232 e. The highest BCUT2D eigenvalue weighted by Gasteiger charge is 2.30. The second kappa shape index (κ2) is 5.85. The van der Waals surface area contributed by atoms with E-state index in [1.165, 1.54) is 0 Å². The number of para-hydroxylation sites is 1. The first-order valence-corrected chi connectivity index (χ1v) is 7.66. The standard InChI is InChI=1S/C16H13IN2O2/c17-10-4-3-5-11(8-10)18-16(21)13-9-15(20)19-14-7-2-1-6-12(13)14/h1-8,13H,9H2,(H,18,21)(H,19,20). The summed E-state index contributed by atoms with van der Waals surface area (Å²) in [6.45, 7) is 0. The van der Waals surface area contributed by atoms with Gasteiger partial charge in [-0.3, -0.25) is 9.59 Å². The molecule has 0 saturated heterocycles. The van der Waals surface area contributed by atoms with Crippen molar-refractivity contribution in [3.63, 3.8) is 0 Å². The summed E-state index contributed by atoms with van der Waals surface area (Å²) in [7, 11) is 0. The van der Waals surface area contributed by atoms with Gasteiger partial charge in [-0.25, -0.2) is 0 Å². The van der Waals surface area contributed by atoms with Gasteiger partial charge in [0.25, 0.3) is 0 Å². The number of halogens is 1. The maximum absolute atomic E-state index is 12.5. The summed E-state index contributed by atoms with van der Waals surface area (Å²) in [5.74, 6) is -0.733. The van der Waals surface area contributed by atoms with Crippen LogP contribution in [0, 0.1) is 3.57 Å². The third-order valence-electron chi connectivity index (χ3n) is 3.41. The predicted molar refractivity (Wildman–Crippen MR) is 90.2 cm³/mol. The van der Waals surface area contributed by atoms with E-state index in [1.807, 2.05) is 48.5 Å². The van der Waals surface area contributed by atoms with Gasteiger partial charge in [0.1, 0.15) is 0 Å². The van der Waals surface area contributed by atoms with Crippen molar-refractivity contribution in [2.75, 3.05) is 10.6 Å². The van der Waals surface area contributed by atoms with Crippen LogP contribution in [0.25, 0.3) is 0 Å². The molecule has 0 fully saturated rings. The maximum atomic E-state index is 12.5. The molecule has 2 amide bonds. The van der Waals surface area contributed by atoms with E-state index in [0.717, 1.165) is 20.5 Å². The van der Waals surface area contributed by atoms with Gasteiger partial charge < -0.3 is 10.6 Å². The molecule has 2 N–H and O–H groups in total. The minimum absolute atomic E-state index is 0.128. The number of nitrogens with one attached hydrogen (secondary N) is 2. The van der Waals surface area contributed by atoms with Crippen LogP contribution in [-0.2, 0) is 9.59 Å². The molecular weight excluding hydrogens is 379 g/mol. The van der Waals surface area contributed by atoms with Crippen LogP contribution in [0.4, 0.5) is 11.4 Å². The minimum atomic E-state index is -0.451. The van der Waals surface area contributed by atoms with E-state index in [4.69, 9.17) is 0 Å². The molecule has 1 aliphatic heterocycles. The van der Waals surface area contributed by atoms with Gasteiger partial charge in [0.05, 0.1) is 5.92 Å². The number of carbonyl (C=O) groups excluding carboxylic acids is 2. The Kier molecular flexibility index (Phi) is 3.92. The van der Waals surface area contributed by atoms with Crippen LogP contribution in [-0.4, -0.2) is 11.8 Å². The molecule has 106 valence electrons. The molecule has 4 nitrogen and oxygen atoms in total. The van der Waals surface area contributed by atoms with E-state index < -0.39 is 5.92 Å². The number of hydrogen-bond donors (Lipinski definition) is 2. The lowest BCUT2D eigenvalue weighted by Crippen LogP contribution is -2.30. The van der Waals surface area contributed by atoms with Crippen LogP contribution in [0.3, 0.4) is 0 Å². The monoisotopic (exact) mass is 392 g/mol. The first-order chi connectivity index (χ1) is 10.1. The average Bonchev–Trinajstić information content (AvgIpc) is 2.46. The second-order valence-electron chi connectivity index (χ2n) is 4.89. The Hall–Kier alpha value is -1.89. The van der Waals surface area contributed by atoms with Gasteiger partial charge in [-0.05, 0) is 52.4 Å². The molecule has 0 aliphatic carbocycles. The predicted octanol–water partition coefficient (Wildman–Crippen LogP) is 3.36. The fourth-order valence-electron chi connectivity index (χ4n) is 2.44. The van der Waals surface area contributed by atoms with Crippen molar-refractivity contribution in [2.24, 2.45) is 0 Å². The van der Waals surface area contributed by atoms with Gasteiger partial charge >= 0.3 is 0 Å². The maximum Gasteiger partial charge on any atom is 0.232 e. The van der Waals surface area contributed by atoms with Gasteiger partial charge in [-0.2, -0.15) is 0 Å². The van der Waals surface area contributed by atoms with Gasteiger partial charge in [0.15, 0.2) is 0 Å². The zero-order chi connectivity index (χ0) is 14.8. The Morgan fingerprint density at radius 3 is 2.81 bits per heavy atom. The molecule has 1 unspecified atom stereocenters. The Bertz CT molecular complexity index is 715. The lowest BCUT2D eigenvalue weighted by molar-refractivity contribution is -0.123. The highest BCUT2D eigenvalue weighted by atomic mass is 127. The van der Waals surface area contributed by atoms with Crippen molar-refractivity contribution in [3.05, 3.63) is 57.7 Å². The van der Waals surface area contributed by atoms with Gasteiger partial charge in [-0.1, -0.05) is 24.3 Å². The molecule has 0 aromatic heterocycles. The molecule has 2 aromatic carbocycles. The Balaban J connectivity index is 1.86. The normalized spacial score (nSPS) is 16.8. The summed E-state index contributed by atoms with van der Waals surface area (Å²) in [6, 6.07) is 15.0. The summed E-state index contributed by atoms with van der Waals surface area (Å²) in [6.07, 6.45) is 0.173. The zero-order valence-corrected chi connectivity index (χ0v) is 13.3. The summed E-state index contributed by atoms with van der Waals surface area (Å²) < 4.78 is 1.05. The minimum Gasteiger partial charge on any atom is -0.326 e. The summed E-state index contributed by atoms with van der Waals surface area (Å²) >= 11 is 2.19. The van der Waals surface area contributed by atoms with E-state index in [0.29, 0.717) is 0 Å². The second-order valence-corrected chi connectivity index (χ2v) is 6.14. The largest absolute Gasteiger partial charge is 0.326 e. The Morgan fingerprint density at radius 2 is 2.00 bits per heavy atom. The van der Waals surface area contributed by atoms with Crippen LogP contribution in [0.15, 0.2) is 48.5 Å².